The molecule has 0 bridgehead atoms. The van der Waals surface area contributed by atoms with E-state index in [1.165, 1.54) is 24.1 Å². The number of benzene rings is 1. The Balaban J connectivity index is 1.92. The third-order valence-corrected chi connectivity index (χ3v) is 4.64. The Morgan fingerprint density at radius 2 is 1.86 bits per heavy atom. The lowest BCUT2D eigenvalue weighted by molar-refractivity contribution is 0.120. The molecule has 1 heterocycles. The molecule has 0 radical (unpaired) electrons. The molecule has 3 rings (SSSR count). The molecule has 0 saturated carbocycles. The van der Waals surface area contributed by atoms with Crippen molar-refractivity contribution in [3.63, 3.8) is 0 Å². The van der Waals surface area contributed by atoms with Gasteiger partial charge in [-0.1, -0.05) is 42.1 Å². The Labute approximate surface area is 136 Å². The molecule has 22 heavy (non-hydrogen) atoms. The van der Waals surface area contributed by atoms with Gasteiger partial charge in [0.2, 0.25) is 0 Å². The van der Waals surface area contributed by atoms with Crippen LogP contribution in [0.1, 0.15) is 37.9 Å². The van der Waals surface area contributed by atoms with Crippen LogP contribution in [-0.4, -0.2) is 22.0 Å². The molecule has 2 aromatic rings. The predicted molar refractivity (Wildman–Crippen MR) is 91.1 cm³/mol. The third-order valence-electron chi connectivity index (χ3n) is 3.77. The predicted octanol–water partition coefficient (Wildman–Crippen LogP) is 4.50. The minimum atomic E-state index is 0.249. The van der Waals surface area contributed by atoms with Crippen molar-refractivity contribution < 1.29 is 4.74 Å². The summed E-state index contributed by atoms with van der Waals surface area (Å²) in [5, 5.41) is 1.10. The molecule has 3 nitrogen and oxygen atoms in total. The van der Waals surface area contributed by atoms with Gasteiger partial charge in [0.25, 0.3) is 0 Å². The Morgan fingerprint density at radius 3 is 2.64 bits per heavy atom. The first-order chi connectivity index (χ1) is 10.7. The van der Waals surface area contributed by atoms with E-state index >= 15 is 0 Å². The van der Waals surface area contributed by atoms with Crippen molar-refractivity contribution in [2.75, 3.05) is 5.94 Å². The van der Waals surface area contributed by atoms with Crippen molar-refractivity contribution in [2.45, 2.75) is 50.7 Å². The van der Waals surface area contributed by atoms with Crippen LogP contribution in [0.3, 0.4) is 0 Å². The van der Waals surface area contributed by atoms with Crippen LogP contribution in [-0.2, 0) is 17.6 Å². The van der Waals surface area contributed by atoms with Crippen LogP contribution in [0.5, 0.6) is 0 Å². The number of hydrogen-bond donors (Lipinski definition) is 0. The molecule has 0 N–H and O–H groups in total. The second kappa shape index (κ2) is 7.25. The number of fused-ring (bicyclic) bond motifs is 1. The zero-order valence-electron chi connectivity index (χ0n) is 13.2. The van der Waals surface area contributed by atoms with Crippen LogP contribution in [0.25, 0.3) is 11.4 Å². The van der Waals surface area contributed by atoms with E-state index in [2.05, 4.69) is 26.0 Å². The normalized spacial score (nSPS) is 14.1. The van der Waals surface area contributed by atoms with Gasteiger partial charge in [0, 0.05) is 16.8 Å². The summed E-state index contributed by atoms with van der Waals surface area (Å²) >= 11 is 1.70. The van der Waals surface area contributed by atoms with Crippen molar-refractivity contribution in [3.05, 3.63) is 41.6 Å². The molecule has 1 aromatic heterocycles. The van der Waals surface area contributed by atoms with Gasteiger partial charge in [-0.05, 0) is 39.5 Å². The topological polar surface area (TPSA) is 35.0 Å². The highest BCUT2D eigenvalue weighted by molar-refractivity contribution is 7.99. The SMILES string of the molecule is CC(C)OCSc1nc(-c2ccccc2)nc2c1CCCC2. The van der Waals surface area contributed by atoms with Gasteiger partial charge < -0.3 is 4.74 Å². The van der Waals surface area contributed by atoms with Crippen molar-refractivity contribution in [3.8, 4) is 11.4 Å². The smallest absolute Gasteiger partial charge is 0.160 e. The average Bonchev–Trinajstić information content (AvgIpc) is 2.55. The summed E-state index contributed by atoms with van der Waals surface area (Å²) in [6, 6.07) is 10.2. The second-order valence-corrected chi connectivity index (χ2v) is 6.74. The Morgan fingerprint density at radius 1 is 1.09 bits per heavy atom. The van der Waals surface area contributed by atoms with Gasteiger partial charge in [0.1, 0.15) is 5.03 Å². The summed E-state index contributed by atoms with van der Waals surface area (Å²) in [6.07, 6.45) is 4.87. The van der Waals surface area contributed by atoms with E-state index in [9.17, 15) is 0 Å². The van der Waals surface area contributed by atoms with Crippen molar-refractivity contribution in [2.24, 2.45) is 0 Å². The van der Waals surface area contributed by atoms with Gasteiger partial charge in [-0.25, -0.2) is 9.97 Å². The number of hydrogen-bond acceptors (Lipinski definition) is 4. The Bertz CT molecular complexity index is 628. The molecule has 0 amide bonds. The van der Waals surface area contributed by atoms with Gasteiger partial charge >= 0.3 is 0 Å². The van der Waals surface area contributed by atoms with E-state index in [0.29, 0.717) is 5.94 Å². The van der Waals surface area contributed by atoms with E-state index in [1.807, 2.05) is 18.2 Å². The molecule has 4 heteroatoms. The standard InChI is InChI=1S/C18H22N2OS/c1-13(2)21-12-22-18-15-10-6-7-11-16(15)19-17(20-18)14-8-4-3-5-9-14/h3-5,8-9,13H,6-7,10-12H2,1-2H3. The fourth-order valence-electron chi connectivity index (χ4n) is 2.62. The van der Waals surface area contributed by atoms with Crippen molar-refractivity contribution >= 4 is 11.8 Å². The summed E-state index contributed by atoms with van der Waals surface area (Å²) in [4.78, 5) is 9.65. The van der Waals surface area contributed by atoms with E-state index in [4.69, 9.17) is 14.7 Å². The first-order valence-corrected chi connectivity index (χ1v) is 8.92. The zero-order valence-corrected chi connectivity index (χ0v) is 14.0. The van der Waals surface area contributed by atoms with Crippen molar-refractivity contribution in [1.82, 2.24) is 9.97 Å². The minimum absolute atomic E-state index is 0.249. The van der Waals surface area contributed by atoms with E-state index in [-0.39, 0.29) is 6.10 Å². The summed E-state index contributed by atoms with van der Waals surface area (Å²) in [6.45, 7) is 4.12. The highest BCUT2D eigenvalue weighted by Gasteiger charge is 2.18. The maximum atomic E-state index is 5.68. The molecule has 0 spiro atoms. The summed E-state index contributed by atoms with van der Waals surface area (Å²) in [5.41, 5.74) is 3.65. The highest BCUT2D eigenvalue weighted by Crippen LogP contribution is 2.31. The quantitative estimate of drug-likeness (QED) is 0.462. The molecule has 0 aliphatic heterocycles. The molecule has 1 aromatic carbocycles. The number of nitrogens with zero attached hydrogens (tertiary/aromatic N) is 2. The van der Waals surface area contributed by atoms with Crippen LogP contribution in [0.2, 0.25) is 0 Å². The lowest BCUT2D eigenvalue weighted by Crippen LogP contribution is -2.11. The van der Waals surface area contributed by atoms with E-state index in [0.717, 1.165) is 29.3 Å². The second-order valence-electron chi connectivity index (χ2n) is 5.83. The lowest BCUT2D eigenvalue weighted by atomic mass is 9.97. The fourth-order valence-corrected chi connectivity index (χ4v) is 3.62. The van der Waals surface area contributed by atoms with Gasteiger partial charge in [-0.3, -0.25) is 0 Å². The maximum Gasteiger partial charge on any atom is 0.160 e. The van der Waals surface area contributed by atoms with Gasteiger partial charge in [0.05, 0.1) is 12.0 Å². The molecule has 1 aliphatic carbocycles. The molecular weight excluding hydrogens is 292 g/mol. The van der Waals surface area contributed by atoms with Gasteiger partial charge in [-0.15, -0.1) is 0 Å². The van der Waals surface area contributed by atoms with Gasteiger partial charge in [0.15, 0.2) is 5.82 Å². The fraction of sp³-hybridized carbons (Fsp3) is 0.444. The van der Waals surface area contributed by atoms with E-state index in [1.54, 1.807) is 11.8 Å². The number of rotatable bonds is 5. The molecule has 116 valence electrons. The largest absolute Gasteiger partial charge is 0.368 e. The Kier molecular flexibility index (Phi) is 5.11. The minimum Gasteiger partial charge on any atom is -0.368 e. The maximum absolute atomic E-state index is 5.68. The van der Waals surface area contributed by atoms with Crippen LogP contribution in [0, 0.1) is 0 Å². The average molecular weight is 314 g/mol. The highest BCUT2D eigenvalue weighted by atomic mass is 32.2. The van der Waals surface area contributed by atoms with Crippen LogP contribution < -0.4 is 0 Å². The van der Waals surface area contributed by atoms with Gasteiger partial charge in [-0.2, -0.15) is 0 Å². The van der Waals surface area contributed by atoms with Crippen LogP contribution >= 0.6 is 11.8 Å². The number of thioether (sulfide) groups is 1. The summed E-state index contributed by atoms with van der Waals surface area (Å²) in [7, 11) is 0. The summed E-state index contributed by atoms with van der Waals surface area (Å²) < 4.78 is 5.68. The first kappa shape index (κ1) is 15.5. The number of ether oxygens (including phenoxy) is 1. The monoisotopic (exact) mass is 314 g/mol. The Hall–Kier alpha value is -1.39. The molecule has 0 fully saturated rings. The van der Waals surface area contributed by atoms with Crippen LogP contribution in [0.4, 0.5) is 0 Å². The summed E-state index contributed by atoms with van der Waals surface area (Å²) in [5.74, 6) is 1.49. The zero-order chi connectivity index (χ0) is 15.4. The van der Waals surface area contributed by atoms with Crippen molar-refractivity contribution in [1.29, 1.82) is 0 Å². The third kappa shape index (κ3) is 3.68. The van der Waals surface area contributed by atoms with Crippen LogP contribution in [0.15, 0.2) is 35.4 Å². The lowest BCUT2D eigenvalue weighted by Gasteiger charge is -2.19. The number of aryl methyl sites for hydroxylation is 1. The molecule has 0 atom stereocenters. The molecular formula is C18H22N2OS. The molecule has 0 unspecified atom stereocenters. The first-order valence-electron chi connectivity index (χ1n) is 7.93. The molecule has 0 saturated heterocycles. The number of aromatic nitrogens is 2. The molecule has 1 aliphatic rings. The van der Waals surface area contributed by atoms with E-state index < -0.39 is 0 Å².